The number of anilines is 2. The number of para-hydroxylation sites is 1. The maximum absolute atomic E-state index is 13.3. The fourth-order valence-corrected chi connectivity index (χ4v) is 3.85. The minimum Gasteiger partial charge on any atom is -0.384 e. The highest BCUT2D eigenvalue weighted by Crippen LogP contribution is 2.26. The lowest BCUT2D eigenvalue weighted by molar-refractivity contribution is 0.0943. The number of nitrogens with one attached hydrogen (secondary N) is 3. The van der Waals surface area contributed by atoms with Gasteiger partial charge in [0.05, 0.1) is 28.5 Å². The second kappa shape index (κ2) is 10.3. The maximum Gasteiger partial charge on any atom is 0.272 e. The largest absolute Gasteiger partial charge is 0.384 e. The second-order valence-corrected chi connectivity index (χ2v) is 8.38. The predicted octanol–water partition coefficient (Wildman–Crippen LogP) is 4.08. The molecule has 0 bridgehead atoms. The van der Waals surface area contributed by atoms with Crippen molar-refractivity contribution in [1.29, 1.82) is 0 Å². The molecule has 5 rings (SSSR count). The first-order valence-corrected chi connectivity index (χ1v) is 11.6. The van der Waals surface area contributed by atoms with Crippen LogP contribution in [0.5, 0.6) is 0 Å². The predicted molar refractivity (Wildman–Crippen MR) is 140 cm³/mol. The summed E-state index contributed by atoms with van der Waals surface area (Å²) in [5.74, 6) is 0.365. The number of carbonyl (C=O) groups excluding carboxylic acids is 2. The summed E-state index contributed by atoms with van der Waals surface area (Å²) < 4.78 is 1.48. The van der Waals surface area contributed by atoms with E-state index in [4.69, 9.17) is 17.3 Å². The zero-order valence-corrected chi connectivity index (χ0v) is 20.1. The Morgan fingerprint density at radius 2 is 1.84 bits per heavy atom. The molecule has 3 heterocycles. The molecule has 11 heteroatoms. The van der Waals surface area contributed by atoms with E-state index in [2.05, 4.69) is 30.7 Å². The van der Waals surface area contributed by atoms with Gasteiger partial charge >= 0.3 is 0 Å². The van der Waals surface area contributed by atoms with E-state index in [9.17, 15) is 9.59 Å². The van der Waals surface area contributed by atoms with Gasteiger partial charge in [-0.2, -0.15) is 5.10 Å². The van der Waals surface area contributed by atoms with Gasteiger partial charge in [0.1, 0.15) is 17.5 Å². The summed E-state index contributed by atoms with van der Waals surface area (Å²) in [6.07, 6.45) is 3.27. The molecule has 0 atom stereocenters. The smallest absolute Gasteiger partial charge is 0.272 e. The Balaban J connectivity index is 1.44. The summed E-state index contributed by atoms with van der Waals surface area (Å²) in [5, 5.41) is 10.3. The summed E-state index contributed by atoms with van der Waals surface area (Å²) >= 11 is 6.38. The molecular formula is C26H21ClN8O2. The number of H-pyrrole nitrogens is 1. The number of nitrogens with two attached hydrogens (primary N) is 1. The van der Waals surface area contributed by atoms with Gasteiger partial charge in [0.15, 0.2) is 5.69 Å². The number of rotatable bonds is 7. The van der Waals surface area contributed by atoms with Crippen molar-refractivity contribution >= 4 is 35.1 Å². The molecule has 2 amide bonds. The zero-order valence-electron chi connectivity index (χ0n) is 19.4. The first-order chi connectivity index (χ1) is 18.0. The van der Waals surface area contributed by atoms with Crippen molar-refractivity contribution in [3.8, 4) is 16.9 Å². The normalized spacial score (nSPS) is 10.7. The van der Waals surface area contributed by atoms with Crippen LogP contribution < -0.4 is 16.4 Å². The number of nitrogen functional groups attached to an aromatic ring is 1. The van der Waals surface area contributed by atoms with E-state index in [0.29, 0.717) is 34.4 Å². The number of pyridine rings is 1. The van der Waals surface area contributed by atoms with Crippen LogP contribution in [0.25, 0.3) is 16.9 Å². The molecule has 0 aliphatic carbocycles. The molecular weight excluding hydrogens is 492 g/mol. The number of nitrogens with zero attached hydrogens (tertiary/aromatic N) is 4. The summed E-state index contributed by atoms with van der Waals surface area (Å²) in [6, 6.07) is 20.9. The first-order valence-electron chi connectivity index (χ1n) is 11.2. The van der Waals surface area contributed by atoms with Gasteiger partial charge in [0.25, 0.3) is 11.8 Å². The van der Waals surface area contributed by atoms with Gasteiger partial charge < -0.3 is 21.4 Å². The van der Waals surface area contributed by atoms with Gasteiger partial charge in [-0.15, -0.1) is 0 Å². The molecule has 5 N–H and O–H groups in total. The van der Waals surface area contributed by atoms with Gasteiger partial charge in [-0.05, 0) is 36.4 Å². The Hall–Kier alpha value is -4.96. The van der Waals surface area contributed by atoms with Gasteiger partial charge in [-0.3, -0.25) is 9.59 Å². The summed E-state index contributed by atoms with van der Waals surface area (Å²) in [4.78, 5) is 37.5. The highest BCUT2D eigenvalue weighted by atomic mass is 35.5. The van der Waals surface area contributed by atoms with Gasteiger partial charge in [-0.25, -0.2) is 14.6 Å². The number of aromatic amines is 1. The summed E-state index contributed by atoms with van der Waals surface area (Å²) in [7, 11) is 0. The number of carbonyl (C=O) groups is 2. The van der Waals surface area contributed by atoms with Gasteiger partial charge in [-0.1, -0.05) is 41.9 Å². The fraction of sp³-hybridized carbons (Fsp3) is 0.0385. The number of halogens is 1. The molecule has 0 radical (unpaired) electrons. The number of benzene rings is 2. The van der Waals surface area contributed by atoms with Crippen LogP contribution in [0.1, 0.15) is 26.7 Å². The molecule has 0 saturated carbocycles. The fourth-order valence-electron chi connectivity index (χ4n) is 3.65. The second-order valence-electron chi connectivity index (χ2n) is 7.98. The highest BCUT2D eigenvalue weighted by Gasteiger charge is 2.20. The number of imidazole rings is 1. The van der Waals surface area contributed by atoms with Gasteiger partial charge in [0, 0.05) is 24.0 Å². The number of hydrogen-bond donors (Lipinski definition) is 4. The van der Waals surface area contributed by atoms with Crippen molar-refractivity contribution in [1.82, 2.24) is 30.0 Å². The van der Waals surface area contributed by atoms with E-state index in [0.717, 1.165) is 0 Å². The van der Waals surface area contributed by atoms with E-state index in [-0.39, 0.29) is 22.8 Å². The van der Waals surface area contributed by atoms with Gasteiger partial charge in [0.2, 0.25) is 0 Å². The van der Waals surface area contributed by atoms with Crippen LogP contribution in [0.3, 0.4) is 0 Å². The molecule has 0 unspecified atom stereocenters. The topological polar surface area (TPSA) is 144 Å². The molecule has 0 spiro atoms. The Bertz CT molecular complexity index is 1570. The molecule has 5 aromatic rings. The third kappa shape index (κ3) is 5.34. The molecule has 0 fully saturated rings. The summed E-state index contributed by atoms with van der Waals surface area (Å²) in [6.45, 7) is 0.201. The lowest BCUT2D eigenvalue weighted by Gasteiger charge is -2.11. The van der Waals surface area contributed by atoms with E-state index in [1.165, 1.54) is 10.7 Å². The first kappa shape index (κ1) is 23.8. The average Bonchev–Trinajstić information content (AvgIpc) is 3.58. The monoisotopic (exact) mass is 512 g/mol. The molecule has 2 aromatic carbocycles. The molecule has 184 valence electrons. The molecule has 10 nitrogen and oxygen atoms in total. The maximum atomic E-state index is 13.3. The minimum absolute atomic E-state index is 0.120. The Kier molecular flexibility index (Phi) is 6.64. The minimum atomic E-state index is -0.477. The Morgan fingerprint density at radius 1 is 1.00 bits per heavy atom. The van der Waals surface area contributed by atoms with E-state index in [1.807, 2.05) is 30.3 Å². The quantitative estimate of drug-likeness (QED) is 0.259. The molecule has 0 saturated heterocycles. The van der Waals surface area contributed by atoms with E-state index >= 15 is 0 Å². The number of aromatic nitrogens is 5. The van der Waals surface area contributed by atoms with E-state index in [1.54, 1.807) is 48.8 Å². The average molecular weight is 513 g/mol. The van der Waals surface area contributed by atoms with Crippen LogP contribution in [0.15, 0.2) is 85.2 Å². The molecule has 3 aromatic heterocycles. The van der Waals surface area contributed by atoms with Crippen molar-refractivity contribution in [2.45, 2.75) is 6.54 Å². The van der Waals surface area contributed by atoms with Crippen molar-refractivity contribution in [2.24, 2.45) is 0 Å². The summed E-state index contributed by atoms with van der Waals surface area (Å²) in [5.41, 5.74) is 8.10. The molecule has 0 aliphatic rings. The SMILES string of the molecule is Nc1cccc(-c2ccc(Cl)c(C(=O)Nc3cc(C(=O)NCc4ncc[nH]4)nn3-c3ccccc3)c2)n1. The lowest BCUT2D eigenvalue weighted by Crippen LogP contribution is -2.24. The van der Waals surface area contributed by atoms with Crippen LogP contribution in [-0.4, -0.2) is 36.5 Å². The zero-order chi connectivity index (χ0) is 25.8. The standard InChI is InChI=1S/C26H21ClN8O2/c27-19-10-9-16(20-7-4-8-22(28)32-20)13-18(19)25(36)33-24-14-21(26(37)31-15-23-29-11-12-30-23)34-35(24)17-5-2-1-3-6-17/h1-14H,15H2,(H2,28,32)(H,29,30)(H,31,37)(H,33,36). The lowest BCUT2D eigenvalue weighted by atomic mass is 10.1. The molecule has 37 heavy (non-hydrogen) atoms. The van der Waals surface area contributed by atoms with Crippen LogP contribution in [0.2, 0.25) is 5.02 Å². The van der Waals surface area contributed by atoms with E-state index < -0.39 is 11.8 Å². The molecule has 0 aliphatic heterocycles. The highest BCUT2D eigenvalue weighted by molar-refractivity contribution is 6.34. The van der Waals surface area contributed by atoms with Crippen LogP contribution in [-0.2, 0) is 6.54 Å². The van der Waals surface area contributed by atoms with Crippen molar-refractivity contribution in [3.05, 3.63) is 107 Å². The third-order valence-corrected chi connectivity index (χ3v) is 5.76. The van der Waals surface area contributed by atoms with Crippen LogP contribution >= 0.6 is 11.6 Å². The van der Waals surface area contributed by atoms with Crippen molar-refractivity contribution < 1.29 is 9.59 Å². The van der Waals surface area contributed by atoms with Crippen LogP contribution in [0.4, 0.5) is 11.6 Å². The van der Waals surface area contributed by atoms with Crippen molar-refractivity contribution in [2.75, 3.05) is 11.1 Å². The van der Waals surface area contributed by atoms with Crippen molar-refractivity contribution in [3.63, 3.8) is 0 Å². The number of amides is 2. The number of hydrogen-bond acceptors (Lipinski definition) is 6. The van der Waals surface area contributed by atoms with Crippen LogP contribution in [0, 0.1) is 0 Å². The Labute approximate surface area is 216 Å². The Morgan fingerprint density at radius 3 is 2.59 bits per heavy atom. The third-order valence-electron chi connectivity index (χ3n) is 5.43.